The van der Waals surface area contributed by atoms with Crippen molar-refractivity contribution in [3.63, 3.8) is 0 Å². The highest BCUT2D eigenvalue weighted by Gasteiger charge is 2.12. The number of nitrogens with zero attached hydrogens (tertiary/aromatic N) is 2. The van der Waals surface area contributed by atoms with Crippen LogP contribution in [0.5, 0.6) is 0 Å². The summed E-state index contributed by atoms with van der Waals surface area (Å²) >= 11 is 12.3. The Morgan fingerprint density at radius 1 is 1.06 bits per heavy atom. The molecule has 3 N–H and O–H groups in total. The van der Waals surface area contributed by atoms with E-state index in [1.54, 1.807) is 13.2 Å². The molecule has 0 aliphatic heterocycles. The molecule has 0 aliphatic rings. The smallest absolute Gasteiger partial charge is 0.414 e. The van der Waals surface area contributed by atoms with Gasteiger partial charge in [0.1, 0.15) is 0 Å². The average molecular weight is 466 g/mol. The van der Waals surface area contributed by atoms with Crippen LogP contribution < -0.4 is 5.32 Å². The molecule has 0 aliphatic carbocycles. The number of imidazole rings is 1. The second-order valence-corrected chi connectivity index (χ2v) is 6.94. The van der Waals surface area contributed by atoms with Gasteiger partial charge in [0.25, 0.3) is 0 Å². The van der Waals surface area contributed by atoms with Gasteiger partial charge in [-0.25, -0.2) is 14.6 Å². The minimum atomic E-state index is -1.82. The summed E-state index contributed by atoms with van der Waals surface area (Å²) in [7, 11) is 1.69. The molecule has 0 unspecified atom stereocenters. The van der Waals surface area contributed by atoms with Crippen LogP contribution in [0.3, 0.4) is 0 Å². The van der Waals surface area contributed by atoms with Crippen LogP contribution in [0.15, 0.2) is 54.7 Å². The number of carboxylic acids is 2. The lowest BCUT2D eigenvalue weighted by Crippen LogP contribution is -2.12. The SMILES string of the molecule is COCCn1c(-c2ccccc2)cnc1NCc1cccc(Cl)c1Cl.O=C(O)C(=O)O. The van der Waals surface area contributed by atoms with E-state index in [0.717, 1.165) is 22.8 Å². The summed E-state index contributed by atoms with van der Waals surface area (Å²) in [6.07, 6.45) is 1.87. The van der Waals surface area contributed by atoms with E-state index in [1.165, 1.54) is 0 Å². The number of carbonyl (C=O) groups is 2. The van der Waals surface area contributed by atoms with Gasteiger partial charge in [0.15, 0.2) is 0 Å². The van der Waals surface area contributed by atoms with Crippen molar-refractivity contribution in [1.29, 1.82) is 0 Å². The summed E-state index contributed by atoms with van der Waals surface area (Å²) in [6.45, 7) is 1.84. The molecule has 2 aromatic carbocycles. The predicted molar refractivity (Wildman–Crippen MR) is 119 cm³/mol. The number of ether oxygens (including phenoxy) is 1. The maximum Gasteiger partial charge on any atom is 0.414 e. The fraction of sp³-hybridized carbons (Fsp3) is 0.190. The van der Waals surface area contributed by atoms with Gasteiger partial charge in [-0.3, -0.25) is 0 Å². The topological polar surface area (TPSA) is 114 Å². The second-order valence-electron chi connectivity index (χ2n) is 6.15. The third kappa shape index (κ3) is 6.99. The molecular weight excluding hydrogens is 445 g/mol. The number of carboxylic acid groups (broad SMARTS) is 2. The molecule has 3 rings (SSSR count). The zero-order chi connectivity index (χ0) is 22.8. The lowest BCUT2D eigenvalue weighted by Gasteiger charge is -2.13. The molecule has 164 valence electrons. The Morgan fingerprint density at radius 3 is 2.35 bits per heavy atom. The highest BCUT2D eigenvalue weighted by molar-refractivity contribution is 6.42. The van der Waals surface area contributed by atoms with Crippen molar-refractivity contribution >= 4 is 41.1 Å². The molecule has 3 aromatic rings. The van der Waals surface area contributed by atoms with Gasteiger partial charge in [-0.1, -0.05) is 65.7 Å². The van der Waals surface area contributed by atoms with Gasteiger partial charge >= 0.3 is 11.9 Å². The summed E-state index contributed by atoms with van der Waals surface area (Å²) in [5.41, 5.74) is 3.08. The molecule has 1 aromatic heterocycles. The molecule has 0 fully saturated rings. The first-order valence-electron chi connectivity index (χ1n) is 9.08. The van der Waals surface area contributed by atoms with E-state index >= 15 is 0 Å². The minimum absolute atomic E-state index is 0.539. The normalized spacial score (nSPS) is 10.2. The lowest BCUT2D eigenvalue weighted by molar-refractivity contribution is -0.159. The number of anilines is 1. The van der Waals surface area contributed by atoms with Gasteiger partial charge in [0, 0.05) is 20.2 Å². The fourth-order valence-corrected chi connectivity index (χ4v) is 3.01. The van der Waals surface area contributed by atoms with Crippen LogP contribution >= 0.6 is 23.2 Å². The fourth-order valence-electron chi connectivity index (χ4n) is 2.62. The Morgan fingerprint density at radius 2 is 1.74 bits per heavy atom. The molecule has 0 bridgehead atoms. The number of methoxy groups -OCH3 is 1. The third-order valence-electron chi connectivity index (χ3n) is 4.10. The number of hydrogen-bond donors (Lipinski definition) is 3. The van der Waals surface area contributed by atoms with E-state index in [9.17, 15) is 0 Å². The molecule has 1 heterocycles. The van der Waals surface area contributed by atoms with Crippen molar-refractivity contribution in [2.24, 2.45) is 0 Å². The van der Waals surface area contributed by atoms with Crippen molar-refractivity contribution in [1.82, 2.24) is 9.55 Å². The lowest BCUT2D eigenvalue weighted by atomic mass is 10.2. The molecule has 0 amide bonds. The van der Waals surface area contributed by atoms with Crippen LogP contribution in [-0.2, 0) is 27.4 Å². The van der Waals surface area contributed by atoms with Gasteiger partial charge in [0.05, 0.1) is 28.5 Å². The third-order valence-corrected chi connectivity index (χ3v) is 4.95. The number of nitrogens with one attached hydrogen (secondary N) is 1. The van der Waals surface area contributed by atoms with Gasteiger partial charge in [-0.15, -0.1) is 0 Å². The Kier molecular flexibility index (Phi) is 9.33. The van der Waals surface area contributed by atoms with Crippen molar-refractivity contribution in [3.8, 4) is 11.3 Å². The maximum atomic E-state index is 9.10. The van der Waals surface area contributed by atoms with Gasteiger partial charge in [-0.05, 0) is 17.2 Å². The quantitative estimate of drug-likeness (QED) is 0.446. The first kappa shape index (κ1) is 24.2. The second kappa shape index (κ2) is 11.9. The Balaban J connectivity index is 0.000000501. The zero-order valence-corrected chi connectivity index (χ0v) is 18.1. The average Bonchev–Trinajstić information content (AvgIpc) is 3.17. The van der Waals surface area contributed by atoms with Crippen LogP contribution in [0.4, 0.5) is 5.95 Å². The number of halogens is 2. The van der Waals surface area contributed by atoms with Crippen molar-refractivity contribution in [2.45, 2.75) is 13.1 Å². The van der Waals surface area contributed by atoms with E-state index in [-0.39, 0.29) is 0 Å². The van der Waals surface area contributed by atoms with E-state index in [1.807, 2.05) is 36.5 Å². The highest BCUT2D eigenvalue weighted by Crippen LogP contribution is 2.27. The summed E-state index contributed by atoms with van der Waals surface area (Å²) < 4.78 is 7.35. The standard InChI is InChI=1S/C19H19Cl2N3O.C2H2O4/c1-25-11-10-24-17(14-6-3-2-4-7-14)13-23-19(24)22-12-15-8-5-9-16(20)18(15)21;3-1(4)2(5)6/h2-9,13H,10-12H2,1H3,(H,22,23);(H,3,4)(H,5,6). The van der Waals surface area contributed by atoms with Crippen molar-refractivity contribution < 1.29 is 24.5 Å². The van der Waals surface area contributed by atoms with Crippen LogP contribution in [0.2, 0.25) is 10.0 Å². The number of aromatic nitrogens is 2. The Bertz CT molecular complexity index is 1010. The Hall–Kier alpha value is -3.07. The molecule has 0 radical (unpaired) electrons. The van der Waals surface area contributed by atoms with Crippen LogP contribution in [-0.4, -0.2) is 45.4 Å². The van der Waals surface area contributed by atoms with E-state index < -0.39 is 11.9 Å². The van der Waals surface area contributed by atoms with Gasteiger partial charge < -0.3 is 24.8 Å². The van der Waals surface area contributed by atoms with Crippen molar-refractivity contribution in [3.05, 3.63) is 70.3 Å². The summed E-state index contributed by atoms with van der Waals surface area (Å²) in [5.74, 6) is -2.88. The first-order valence-corrected chi connectivity index (χ1v) is 9.83. The number of hydrogen-bond acceptors (Lipinski definition) is 5. The maximum absolute atomic E-state index is 9.10. The first-order chi connectivity index (χ1) is 14.8. The van der Waals surface area contributed by atoms with E-state index in [0.29, 0.717) is 29.7 Å². The molecular formula is C21H21Cl2N3O5. The molecule has 10 heteroatoms. The molecule has 0 spiro atoms. The van der Waals surface area contributed by atoms with E-state index in [4.69, 9.17) is 47.7 Å². The van der Waals surface area contributed by atoms with Gasteiger partial charge in [-0.2, -0.15) is 0 Å². The molecule has 31 heavy (non-hydrogen) atoms. The predicted octanol–water partition coefficient (Wildman–Crippen LogP) is 4.27. The number of benzene rings is 2. The van der Waals surface area contributed by atoms with Crippen LogP contribution in [0, 0.1) is 0 Å². The number of aliphatic carboxylic acids is 2. The summed E-state index contributed by atoms with van der Waals surface area (Å²) in [6, 6.07) is 15.8. The minimum Gasteiger partial charge on any atom is -0.473 e. The summed E-state index contributed by atoms with van der Waals surface area (Å²) in [5, 5.41) is 19.2. The summed E-state index contributed by atoms with van der Waals surface area (Å²) in [4.78, 5) is 22.7. The van der Waals surface area contributed by atoms with Crippen molar-refractivity contribution in [2.75, 3.05) is 19.0 Å². The molecule has 0 saturated carbocycles. The highest BCUT2D eigenvalue weighted by atomic mass is 35.5. The molecule has 8 nitrogen and oxygen atoms in total. The Labute approximate surface area is 189 Å². The molecule has 0 atom stereocenters. The van der Waals surface area contributed by atoms with Crippen LogP contribution in [0.1, 0.15) is 5.56 Å². The largest absolute Gasteiger partial charge is 0.473 e. The zero-order valence-electron chi connectivity index (χ0n) is 16.6. The monoisotopic (exact) mass is 465 g/mol. The van der Waals surface area contributed by atoms with Crippen LogP contribution in [0.25, 0.3) is 11.3 Å². The number of rotatable bonds is 7. The van der Waals surface area contributed by atoms with E-state index in [2.05, 4.69) is 27.0 Å². The van der Waals surface area contributed by atoms with Gasteiger partial charge in [0.2, 0.25) is 5.95 Å². The molecule has 0 saturated heterocycles.